The summed E-state index contributed by atoms with van der Waals surface area (Å²) in [5.41, 5.74) is 1.78. The first kappa shape index (κ1) is 17.3. The van der Waals surface area contributed by atoms with E-state index in [1.165, 1.54) is 11.3 Å². The van der Waals surface area contributed by atoms with Gasteiger partial charge in [-0.2, -0.15) is 0 Å². The molecule has 0 atom stereocenters. The highest BCUT2D eigenvalue weighted by molar-refractivity contribution is 7.98. The summed E-state index contributed by atoms with van der Waals surface area (Å²) in [4.78, 5) is 18.1. The first-order valence-corrected chi connectivity index (χ1v) is 9.61. The predicted octanol–water partition coefficient (Wildman–Crippen LogP) is 5.99. The topological polar surface area (TPSA) is 42.0 Å². The predicted molar refractivity (Wildman–Crippen MR) is 103 cm³/mol. The SMILES string of the molecule is O=C(Nc1ccc(Cl)c(Cl)c1)c1sccc1SCc1ccncc1. The van der Waals surface area contributed by atoms with Crippen molar-refractivity contribution in [2.45, 2.75) is 10.6 Å². The molecule has 0 saturated heterocycles. The van der Waals surface area contributed by atoms with Crippen molar-refractivity contribution >= 4 is 57.9 Å². The molecule has 0 saturated carbocycles. The van der Waals surface area contributed by atoms with E-state index < -0.39 is 0 Å². The quantitative estimate of drug-likeness (QED) is 0.539. The van der Waals surface area contributed by atoms with Crippen LogP contribution in [0.15, 0.2) is 59.1 Å². The fraction of sp³-hybridized carbons (Fsp3) is 0.0588. The Hall–Kier alpha value is -1.53. The van der Waals surface area contributed by atoms with Crippen molar-refractivity contribution < 1.29 is 4.79 Å². The molecule has 3 nitrogen and oxygen atoms in total. The summed E-state index contributed by atoms with van der Waals surface area (Å²) in [5, 5.41) is 5.64. The molecule has 0 radical (unpaired) electrons. The van der Waals surface area contributed by atoms with E-state index in [9.17, 15) is 4.79 Å². The van der Waals surface area contributed by atoms with Crippen molar-refractivity contribution in [2.24, 2.45) is 0 Å². The number of pyridine rings is 1. The van der Waals surface area contributed by atoms with Gasteiger partial charge in [-0.3, -0.25) is 9.78 Å². The number of hydrogen-bond donors (Lipinski definition) is 1. The number of thiophene rings is 1. The first-order valence-electron chi connectivity index (χ1n) is 6.99. The molecule has 0 aliphatic heterocycles. The van der Waals surface area contributed by atoms with Gasteiger partial charge in [0.2, 0.25) is 0 Å². The Morgan fingerprint density at radius 2 is 1.92 bits per heavy atom. The lowest BCUT2D eigenvalue weighted by atomic mass is 10.3. The second kappa shape index (κ2) is 8.03. The Labute approximate surface area is 158 Å². The number of carbonyl (C=O) groups is 1. The average Bonchev–Trinajstić information content (AvgIpc) is 3.06. The highest BCUT2D eigenvalue weighted by Gasteiger charge is 2.14. The minimum Gasteiger partial charge on any atom is -0.321 e. The molecule has 24 heavy (non-hydrogen) atoms. The van der Waals surface area contributed by atoms with Gasteiger partial charge < -0.3 is 5.32 Å². The van der Waals surface area contributed by atoms with Crippen LogP contribution < -0.4 is 5.32 Å². The number of nitrogens with one attached hydrogen (secondary N) is 1. The Morgan fingerprint density at radius 1 is 1.12 bits per heavy atom. The first-order chi connectivity index (χ1) is 11.6. The largest absolute Gasteiger partial charge is 0.321 e. The maximum absolute atomic E-state index is 12.5. The molecule has 1 amide bonds. The highest BCUT2D eigenvalue weighted by atomic mass is 35.5. The minimum atomic E-state index is -0.152. The maximum atomic E-state index is 12.5. The van der Waals surface area contributed by atoms with E-state index in [4.69, 9.17) is 23.2 Å². The molecule has 3 aromatic rings. The molecule has 0 aliphatic carbocycles. The van der Waals surface area contributed by atoms with Crippen LogP contribution in [0.25, 0.3) is 0 Å². The van der Waals surface area contributed by atoms with Gasteiger partial charge in [0.1, 0.15) is 4.88 Å². The third kappa shape index (κ3) is 4.30. The van der Waals surface area contributed by atoms with Gasteiger partial charge in [-0.05, 0) is 47.3 Å². The lowest BCUT2D eigenvalue weighted by Crippen LogP contribution is -2.11. The van der Waals surface area contributed by atoms with Crippen LogP contribution in [0.1, 0.15) is 15.2 Å². The highest BCUT2D eigenvalue weighted by Crippen LogP contribution is 2.31. The molecule has 0 spiro atoms. The molecule has 1 N–H and O–H groups in total. The summed E-state index contributed by atoms with van der Waals surface area (Å²) in [7, 11) is 0. The van der Waals surface area contributed by atoms with Crippen LogP contribution in [0.4, 0.5) is 5.69 Å². The van der Waals surface area contributed by atoms with Crippen LogP contribution in [0, 0.1) is 0 Å². The van der Waals surface area contributed by atoms with Crippen molar-refractivity contribution in [3.05, 3.63) is 74.7 Å². The molecular weight excluding hydrogens is 383 g/mol. The standard InChI is InChI=1S/C17H12Cl2N2OS2/c18-13-2-1-12(9-14(13)19)21-17(22)16-15(5-8-23-16)24-10-11-3-6-20-7-4-11/h1-9H,10H2,(H,21,22). The Morgan fingerprint density at radius 3 is 2.67 bits per heavy atom. The average molecular weight is 395 g/mol. The third-order valence-electron chi connectivity index (χ3n) is 3.16. The number of nitrogens with zero attached hydrogens (tertiary/aromatic N) is 1. The molecule has 0 unspecified atom stereocenters. The van der Waals surface area contributed by atoms with Gasteiger partial charge in [-0.15, -0.1) is 23.1 Å². The van der Waals surface area contributed by atoms with Crippen LogP contribution in [0.3, 0.4) is 0 Å². The summed E-state index contributed by atoms with van der Waals surface area (Å²) in [5.74, 6) is 0.632. The van der Waals surface area contributed by atoms with Gasteiger partial charge in [-0.1, -0.05) is 23.2 Å². The maximum Gasteiger partial charge on any atom is 0.266 e. The second-order valence-electron chi connectivity index (χ2n) is 4.84. The van der Waals surface area contributed by atoms with Crippen LogP contribution in [0.2, 0.25) is 10.0 Å². The van der Waals surface area contributed by atoms with Crippen molar-refractivity contribution in [3.8, 4) is 0 Å². The minimum absolute atomic E-state index is 0.152. The van der Waals surface area contributed by atoms with Crippen LogP contribution in [-0.4, -0.2) is 10.9 Å². The van der Waals surface area contributed by atoms with Gasteiger partial charge in [0.15, 0.2) is 0 Å². The summed E-state index contributed by atoms with van der Waals surface area (Å²) in [6.45, 7) is 0. The Balaban J connectivity index is 1.69. The summed E-state index contributed by atoms with van der Waals surface area (Å²) >= 11 is 14.9. The molecule has 2 heterocycles. The molecular formula is C17H12Cl2N2OS2. The van der Waals surface area contributed by atoms with E-state index in [0.717, 1.165) is 16.2 Å². The molecule has 0 fully saturated rings. The fourth-order valence-corrected chi connectivity index (χ4v) is 4.27. The van der Waals surface area contributed by atoms with Crippen LogP contribution >= 0.6 is 46.3 Å². The number of benzene rings is 1. The number of thioether (sulfide) groups is 1. The molecule has 1 aromatic carbocycles. The monoisotopic (exact) mass is 394 g/mol. The van der Waals surface area contributed by atoms with E-state index in [-0.39, 0.29) is 5.91 Å². The Kier molecular flexibility index (Phi) is 5.79. The zero-order valence-electron chi connectivity index (χ0n) is 12.3. The number of hydrogen-bond acceptors (Lipinski definition) is 4. The van der Waals surface area contributed by atoms with Gasteiger partial charge in [0.05, 0.1) is 10.0 Å². The number of carbonyl (C=O) groups excluding carboxylic acids is 1. The fourth-order valence-electron chi connectivity index (χ4n) is 1.98. The van der Waals surface area contributed by atoms with E-state index in [1.807, 2.05) is 23.6 Å². The van der Waals surface area contributed by atoms with E-state index in [0.29, 0.717) is 20.6 Å². The van der Waals surface area contributed by atoms with Gasteiger partial charge in [0, 0.05) is 28.7 Å². The smallest absolute Gasteiger partial charge is 0.266 e. The van der Waals surface area contributed by atoms with E-state index in [1.54, 1.807) is 42.4 Å². The molecule has 0 bridgehead atoms. The number of amides is 1. The lowest BCUT2D eigenvalue weighted by Gasteiger charge is -2.07. The number of anilines is 1. The van der Waals surface area contributed by atoms with Gasteiger partial charge in [-0.25, -0.2) is 0 Å². The number of aromatic nitrogens is 1. The van der Waals surface area contributed by atoms with Crippen molar-refractivity contribution in [1.29, 1.82) is 0 Å². The molecule has 2 aromatic heterocycles. The molecule has 0 aliphatic rings. The molecule has 122 valence electrons. The van der Waals surface area contributed by atoms with Crippen LogP contribution in [0.5, 0.6) is 0 Å². The van der Waals surface area contributed by atoms with Gasteiger partial charge >= 0.3 is 0 Å². The Bertz CT molecular complexity index is 853. The van der Waals surface area contributed by atoms with E-state index in [2.05, 4.69) is 10.3 Å². The summed E-state index contributed by atoms with van der Waals surface area (Å²) < 4.78 is 0. The zero-order chi connectivity index (χ0) is 16.9. The molecule has 7 heteroatoms. The van der Waals surface area contributed by atoms with Crippen molar-refractivity contribution in [1.82, 2.24) is 4.98 Å². The number of rotatable bonds is 5. The van der Waals surface area contributed by atoms with Crippen LogP contribution in [-0.2, 0) is 5.75 Å². The van der Waals surface area contributed by atoms with Crippen molar-refractivity contribution in [3.63, 3.8) is 0 Å². The van der Waals surface area contributed by atoms with Gasteiger partial charge in [0.25, 0.3) is 5.91 Å². The molecule has 3 rings (SSSR count). The van der Waals surface area contributed by atoms with Crippen molar-refractivity contribution in [2.75, 3.05) is 5.32 Å². The zero-order valence-corrected chi connectivity index (χ0v) is 15.5. The van der Waals surface area contributed by atoms with E-state index >= 15 is 0 Å². The number of halogens is 2. The lowest BCUT2D eigenvalue weighted by molar-refractivity contribution is 0.102. The second-order valence-corrected chi connectivity index (χ2v) is 7.59. The normalized spacial score (nSPS) is 10.6. The third-order valence-corrected chi connectivity index (χ3v) is 6.07. The summed E-state index contributed by atoms with van der Waals surface area (Å²) in [6.07, 6.45) is 3.53. The summed E-state index contributed by atoms with van der Waals surface area (Å²) in [6, 6.07) is 10.9.